The van der Waals surface area contributed by atoms with Gasteiger partial charge in [0.25, 0.3) is 0 Å². The fourth-order valence-corrected chi connectivity index (χ4v) is 7.86. The molecular weight excluding hydrogens is 452 g/mol. The lowest BCUT2D eigenvalue weighted by molar-refractivity contribution is 0.0474. The number of fused-ring (bicyclic) bond motifs is 2. The van der Waals surface area contributed by atoms with Crippen molar-refractivity contribution in [2.45, 2.75) is 64.8 Å². The van der Waals surface area contributed by atoms with Crippen LogP contribution < -0.4 is 0 Å². The van der Waals surface area contributed by atoms with Gasteiger partial charge in [-0.15, -0.1) is 0 Å². The lowest BCUT2D eigenvalue weighted by Crippen LogP contribution is -2.37. The van der Waals surface area contributed by atoms with Crippen LogP contribution in [0.15, 0.2) is 35.2 Å². The summed E-state index contributed by atoms with van der Waals surface area (Å²) >= 11 is 0. The largest absolute Gasteiger partial charge is 0.454 e. The Morgan fingerprint density at radius 3 is 2.47 bits per heavy atom. The zero-order chi connectivity index (χ0) is 25.1. The first-order valence-corrected chi connectivity index (χ1v) is 13.1. The monoisotopic (exact) mass is 486 g/mol. The molecule has 2 bridgehead atoms. The van der Waals surface area contributed by atoms with Crippen molar-refractivity contribution in [3.05, 3.63) is 52.8 Å². The molecule has 184 valence electrons. The molecule has 0 radical (unpaired) electrons. The Morgan fingerprint density at radius 1 is 1.12 bits per heavy atom. The van der Waals surface area contributed by atoms with Gasteiger partial charge < -0.3 is 9.30 Å². The Hall–Kier alpha value is -2.45. The molecule has 4 rings (SSSR count). The number of nitrogens with zero attached hydrogens (tertiary/aromatic N) is 2. The quantitative estimate of drug-likeness (QED) is 0.450. The summed E-state index contributed by atoms with van der Waals surface area (Å²) in [4.78, 5) is 25.3. The predicted octanol–water partition coefficient (Wildman–Crippen LogP) is 4.27. The normalized spacial score (nSPS) is 24.2. The highest BCUT2D eigenvalue weighted by molar-refractivity contribution is 7.89. The van der Waals surface area contributed by atoms with Crippen molar-refractivity contribution in [3.8, 4) is 0 Å². The second-order valence-corrected chi connectivity index (χ2v) is 13.0. The van der Waals surface area contributed by atoms with Crippen LogP contribution in [0.25, 0.3) is 0 Å². The molecule has 1 saturated carbocycles. The molecular formula is C26H34N2O5S. The summed E-state index contributed by atoms with van der Waals surface area (Å²) in [5.74, 6) is -1.01. The van der Waals surface area contributed by atoms with Gasteiger partial charge in [-0.3, -0.25) is 4.79 Å². The van der Waals surface area contributed by atoms with Crippen LogP contribution in [0.5, 0.6) is 0 Å². The van der Waals surface area contributed by atoms with Crippen LogP contribution in [0.4, 0.5) is 0 Å². The average Bonchev–Trinajstić information content (AvgIpc) is 3.17. The summed E-state index contributed by atoms with van der Waals surface area (Å²) in [7, 11) is -1.89. The van der Waals surface area contributed by atoms with Gasteiger partial charge in [0, 0.05) is 36.6 Å². The third kappa shape index (κ3) is 4.45. The standard InChI is InChI=1S/C26H34N2O5S/c1-17-10-22(18(2)27(17)6)23(29)14-33-24(30)19-8-7-9-21(11-19)34(31,32)28-16-26(5)13-20(28)12-25(3,4)15-26/h7-11,20H,12-16H2,1-6H3. The summed E-state index contributed by atoms with van der Waals surface area (Å²) in [6.45, 7) is 10.4. The fraction of sp³-hybridized carbons (Fsp3) is 0.538. The number of hydrogen-bond acceptors (Lipinski definition) is 5. The Labute approximate surface area is 202 Å². The van der Waals surface area contributed by atoms with Crippen molar-refractivity contribution in [3.63, 3.8) is 0 Å². The zero-order valence-electron chi connectivity index (χ0n) is 20.8. The van der Waals surface area contributed by atoms with Crippen molar-refractivity contribution >= 4 is 21.8 Å². The second kappa shape index (κ2) is 8.34. The third-order valence-electron chi connectivity index (χ3n) is 7.45. The molecule has 1 aliphatic heterocycles. The van der Waals surface area contributed by atoms with E-state index in [1.165, 1.54) is 18.2 Å². The lowest BCUT2D eigenvalue weighted by atomic mass is 9.65. The summed E-state index contributed by atoms with van der Waals surface area (Å²) < 4.78 is 35.9. The van der Waals surface area contributed by atoms with E-state index in [0.29, 0.717) is 12.1 Å². The molecule has 1 aromatic carbocycles. The number of carbonyl (C=O) groups is 2. The van der Waals surface area contributed by atoms with Gasteiger partial charge in [-0.2, -0.15) is 4.31 Å². The summed E-state index contributed by atoms with van der Waals surface area (Å²) in [6, 6.07) is 7.66. The number of carbonyl (C=O) groups excluding carboxylic acids is 2. The molecule has 2 fully saturated rings. The first kappa shape index (κ1) is 24.7. The maximum absolute atomic E-state index is 13.5. The van der Waals surface area contributed by atoms with Crippen LogP contribution in [0.1, 0.15) is 72.1 Å². The number of benzene rings is 1. The van der Waals surface area contributed by atoms with Crippen LogP contribution in [-0.4, -0.2) is 48.2 Å². The maximum atomic E-state index is 13.5. The Kier molecular flexibility index (Phi) is 6.05. The number of esters is 1. The van der Waals surface area contributed by atoms with E-state index in [4.69, 9.17) is 4.74 Å². The molecule has 0 spiro atoms. The number of sulfonamides is 1. The van der Waals surface area contributed by atoms with Gasteiger partial charge in [0.2, 0.25) is 15.8 Å². The maximum Gasteiger partial charge on any atom is 0.338 e. The van der Waals surface area contributed by atoms with E-state index < -0.39 is 22.6 Å². The van der Waals surface area contributed by atoms with Crippen LogP contribution in [-0.2, 0) is 21.8 Å². The van der Waals surface area contributed by atoms with Gasteiger partial charge in [0.1, 0.15) is 0 Å². The molecule has 2 aromatic rings. The first-order valence-electron chi connectivity index (χ1n) is 11.7. The number of rotatable bonds is 6. The molecule has 1 aromatic heterocycles. The molecule has 0 amide bonds. The molecule has 7 nitrogen and oxygen atoms in total. The minimum atomic E-state index is -3.76. The Morgan fingerprint density at radius 2 is 1.82 bits per heavy atom. The fourth-order valence-electron chi connectivity index (χ4n) is 6.04. The van der Waals surface area contributed by atoms with Gasteiger partial charge in [-0.1, -0.05) is 26.8 Å². The zero-order valence-corrected chi connectivity index (χ0v) is 21.7. The number of ether oxygens (including phenoxy) is 1. The van der Waals surface area contributed by atoms with Crippen LogP contribution in [0.3, 0.4) is 0 Å². The van der Waals surface area contributed by atoms with E-state index in [1.807, 2.05) is 25.5 Å². The van der Waals surface area contributed by atoms with Gasteiger partial charge in [-0.25, -0.2) is 13.2 Å². The highest BCUT2D eigenvalue weighted by atomic mass is 32.2. The first-order chi connectivity index (χ1) is 15.7. The lowest BCUT2D eigenvalue weighted by Gasteiger charge is -2.39. The third-order valence-corrected chi connectivity index (χ3v) is 9.35. The summed E-state index contributed by atoms with van der Waals surface area (Å²) in [5, 5.41) is 0. The highest BCUT2D eigenvalue weighted by Crippen LogP contribution is 2.53. The van der Waals surface area contributed by atoms with E-state index in [2.05, 4.69) is 20.8 Å². The molecule has 2 aliphatic rings. The molecule has 1 aliphatic carbocycles. The van der Waals surface area contributed by atoms with Crippen LogP contribution >= 0.6 is 0 Å². The van der Waals surface area contributed by atoms with Crippen LogP contribution in [0, 0.1) is 24.7 Å². The van der Waals surface area contributed by atoms with Crippen LogP contribution in [0.2, 0.25) is 0 Å². The van der Waals surface area contributed by atoms with Gasteiger partial charge in [0.05, 0.1) is 10.5 Å². The molecule has 34 heavy (non-hydrogen) atoms. The summed E-state index contributed by atoms with van der Waals surface area (Å²) in [6.07, 6.45) is 2.67. The van der Waals surface area contributed by atoms with Gasteiger partial charge >= 0.3 is 5.97 Å². The second-order valence-electron chi connectivity index (χ2n) is 11.1. The van der Waals surface area contributed by atoms with Gasteiger partial charge in [0.15, 0.2) is 6.61 Å². The van der Waals surface area contributed by atoms with E-state index >= 15 is 0 Å². The number of aromatic nitrogens is 1. The van der Waals surface area contributed by atoms with Gasteiger partial charge in [-0.05, 0) is 68.2 Å². The van der Waals surface area contributed by atoms with Crippen molar-refractivity contribution in [2.24, 2.45) is 17.9 Å². The number of aryl methyl sites for hydroxylation is 1. The molecule has 1 saturated heterocycles. The molecule has 2 atom stereocenters. The van der Waals surface area contributed by atoms with E-state index in [-0.39, 0.29) is 33.1 Å². The smallest absolute Gasteiger partial charge is 0.338 e. The predicted molar refractivity (Wildman–Crippen MR) is 129 cm³/mol. The van der Waals surface area contributed by atoms with Crippen molar-refractivity contribution in [2.75, 3.05) is 13.2 Å². The van der Waals surface area contributed by atoms with Crippen molar-refractivity contribution < 1.29 is 22.7 Å². The Bertz CT molecular complexity index is 1260. The molecule has 8 heteroatoms. The molecule has 2 heterocycles. The number of Topliss-reactive ketones (excluding diaryl/α,β-unsaturated/α-hetero) is 1. The highest BCUT2D eigenvalue weighted by Gasteiger charge is 2.53. The topological polar surface area (TPSA) is 85.7 Å². The summed E-state index contributed by atoms with van der Waals surface area (Å²) in [5.41, 5.74) is 2.43. The van der Waals surface area contributed by atoms with E-state index in [9.17, 15) is 18.0 Å². The minimum Gasteiger partial charge on any atom is -0.454 e. The number of hydrogen-bond donors (Lipinski definition) is 0. The minimum absolute atomic E-state index is 0.0374. The van der Waals surface area contributed by atoms with E-state index in [1.54, 1.807) is 16.4 Å². The number of ketones is 1. The molecule has 2 unspecified atom stereocenters. The Balaban J connectivity index is 1.50. The van der Waals surface area contributed by atoms with Crippen molar-refractivity contribution in [1.29, 1.82) is 0 Å². The average molecular weight is 487 g/mol. The molecule has 0 N–H and O–H groups in total. The van der Waals surface area contributed by atoms with Crippen molar-refractivity contribution in [1.82, 2.24) is 8.87 Å². The SMILES string of the molecule is Cc1cc(C(=O)COC(=O)c2cccc(S(=O)(=O)N3CC4(C)CC3CC(C)(C)C4)c2)c(C)n1C. The van der Waals surface area contributed by atoms with E-state index in [0.717, 1.165) is 30.7 Å².